The van der Waals surface area contributed by atoms with E-state index >= 15 is 0 Å². The fourth-order valence-electron chi connectivity index (χ4n) is 0.963. The molecule has 0 amide bonds. The molecule has 0 aliphatic heterocycles. The third-order valence-electron chi connectivity index (χ3n) is 1.64. The van der Waals surface area contributed by atoms with Crippen LogP contribution in [0.25, 0.3) is 0 Å². The Bertz CT molecular complexity index is 278. The molecule has 0 saturated heterocycles. The molecule has 50 valence electrons. The molecule has 4 nitrogen and oxygen atoms in total. The molecular formula is C6H6N4. The van der Waals surface area contributed by atoms with E-state index < -0.39 is 0 Å². The highest BCUT2D eigenvalue weighted by Gasteiger charge is 2.29. The lowest BCUT2D eigenvalue weighted by Crippen LogP contribution is -1.83. The summed E-state index contributed by atoms with van der Waals surface area (Å²) >= 11 is 0. The van der Waals surface area contributed by atoms with Crippen LogP contribution in [0.3, 0.4) is 0 Å². The van der Waals surface area contributed by atoms with E-state index in [1.165, 1.54) is 0 Å². The molecule has 0 radical (unpaired) electrons. The summed E-state index contributed by atoms with van der Waals surface area (Å²) < 4.78 is 0. The van der Waals surface area contributed by atoms with Crippen molar-refractivity contribution in [3.63, 3.8) is 0 Å². The Balaban J connectivity index is 2.40. The number of nitrogens with one attached hydrogen (secondary N) is 1. The van der Waals surface area contributed by atoms with Gasteiger partial charge in [0.05, 0.1) is 0 Å². The van der Waals surface area contributed by atoms with Gasteiger partial charge >= 0.3 is 0 Å². The molecule has 0 aromatic carbocycles. The van der Waals surface area contributed by atoms with E-state index in [1.54, 1.807) is 0 Å². The maximum Gasteiger partial charge on any atom is 0.185 e. The standard InChI is InChI=1S/C6H6N4/c7-3-5-6(4-1-2-4)9-10-8-5/h4H,1-2H2,(H,8,9,10). The first-order valence-electron chi connectivity index (χ1n) is 3.22. The number of aromatic amines is 1. The van der Waals surface area contributed by atoms with Crippen molar-refractivity contribution >= 4 is 0 Å². The molecule has 1 fully saturated rings. The Morgan fingerprint density at radius 2 is 2.30 bits per heavy atom. The molecule has 1 aromatic rings. The van der Waals surface area contributed by atoms with E-state index in [9.17, 15) is 0 Å². The van der Waals surface area contributed by atoms with Crippen molar-refractivity contribution in [3.05, 3.63) is 11.4 Å². The van der Waals surface area contributed by atoms with Gasteiger partial charge in [-0.05, 0) is 12.8 Å². The zero-order valence-corrected chi connectivity index (χ0v) is 5.33. The zero-order valence-electron chi connectivity index (χ0n) is 5.33. The summed E-state index contributed by atoms with van der Waals surface area (Å²) in [6.45, 7) is 0. The van der Waals surface area contributed by atoms with Crippen LogP contribution >= 0.6 is 0 Å². The van der Waals surface area contributed by atoms with Crippen molar-refractivity contribution in [2.45, 2.75) is 18.8 Å². The lowest BCUT2D eigenvalue weighted by molar-refractivity contribution is 0.903. The molecule has 0 atom stereocenters. The minimum Gasteiger partial charge on any atom is -0.196 e. The van der Waals surface area contributed by atoms with Crippen LogP contribution < -0.4 is 0 Å². The van der Waals surface area contributed by atoms with Crippen LogP contribution in [0.15, 0.2) is 0 Å². The van der Waals surface area contributed by atoms with E-state index in [1.807, 2.05) is 6.07 Å². The number of nitrogens with zero attached hydrogens (tertiary/aromatic N) is 3. The summed E-state index contributed by atoms with van der Waals surface area (Å²) in [6, 6.07) is 1.99. The molecule has 10 heavy (non-hydrogen) atoms. The highest BCUT2D eigenvalue weighted by atomic mass is 15.3. The van der Waals surface area contributed by atoms with Gasteiger partial charge in [-0.25, -0.2) is 0 Å². The summed E-state index contributed by atoms with van der Waals surface area (Å²) in [4.78, 5) is 0. The molecule has 0 unspecified atom stereocenters. The Kier molecular flexibility index (Phi) is 0.978. The van der Waals surface area contributed by atoms with Gasteiger partial charge in [0.2, 0.25) is 0 Å². The SMILES string of the molecule is N#Cc1n[nH]nc1C1CC1. The van der Waals surface area contributed by atoms with E-state index in [0.717, 1.165) is 18.5 Å². The minimum atomic E-state index is 0.461. The number of nitriles is 1. The van der Waals surface area contributed by atoms with Gasteiger partial charge in [0.15, 0.2) is 5.69 Å². The number of hydrogen-bond acceptors (Lipinski definition) is 3. The van der Waals surface area contributed by atoms with Gasteiger partial charge in [0.1, 0.15) is 11.8 Å². The van der Waals surface area contributed by atoms with Crippen LogP contribution in [0.1, 0.15) is 30.1 Å². The number of hydrogen-bond donors (Lipinski definition) is 1. The van der Waals surface area contributed by atoms with Crippen molar-refractivity contribution in [2.75, 3.05) is 0 Å². The fourth-order valence-corrected chi connectivity index (χ4v) is 0.963. The second kappa shape index (κ2) is 1.81. The lowest BCUT2D eigenvalue weighted by Gasteiger charge is -1.83. The van der Waals surface area contributed by atoms with Crippen molar-refractivity contribution < 1.29 is 0 Å². The van der Waals surface area contributed by atoms with E-state index in [2.05, 4.69) is 15.4 Å². The summed E-state index contributed by atoms with van der Waals surface area (Å²) in [7, 11) is 0. The van der Waals surface area contributed by atoms with Crippen molar-refractivity contribution in [3.8, 4) is 6.07 Å². The smallest absolute Gasteiger partial charge is 0.185 e. The Morgan fingerprint density at radius 3 is 2.90 bits per heavy atom. The van der Waals surface area contributed by atoms with Crippen LogP contribution in [0.2, 0.25) is 0 Å². The first kappa shape index (κ1) is 5.42. The molecule has 1 aliphatic carbocycles. The maximum absolute atomic E-state index is 8.51. The topological polar surface area (TPSA) is 65.4 Å². The Morgan fingerprint density at radius 1 is 1.50 bits per heavy atom. The fraction of sp³-hybridized carbons (Fsp3) is 0.500. The van der Waals surface area contributed by atoms with Crippen molar-refractivity contribution in [1.29, 1.82) is 5.26 Å². The summed E-state index contributed by atoms with van der Waals surface area (Å²) in [6.07, 6.45) is 2.31. The number of aromatic nitrogens is 3. The molecule has 0 spiro atoms. The minimum absolute atomic E-state index is 0.461. The normalized spacial score (nSPS) is 16.7. The van der Waals surface area contributed by atoms with E-state index in [-0.39, 0.29) is 0 Å². The summed E-state index contributed by atoms with van der Waals surface area (Å²) in [5, 5.41) is 18.5. The number of rotatable bonds is 1. The van der Waals surface area contributed by atoms with Gasteiger partial charge in [-0.15, -0.1) is 5.10 Å². The highest BCUT2D eigenvalue weighted by Crippen LogP contribution is 2.39. The Hall–Kier alpha value is -1.37. The molecule has 1 aliphatic rings. The van der Waals surface area contributed by atoms with Crippen LogP contribution in [0.5, 0.6) is 0 Å². The average Bonchev–Trinajstić information content (AvgIpc) is 2.69. The summed E-state index contributed by atoms with van der Waals surface area (Å²) in [5.41, 5.74) is 1.31. The van der Waals surface area contributed by atoms with Gasteiger partial charge in [-0.1, -0.05) is 0 Å². The van der Waals surface area contributed by atoms with Crippen LogP contribution in [-0.4, -0.2) is 15.4 Å². The van der Waals surface area contributed by atoms with E-state index in [0.29, 0.717) is 11.6 Å². The quantitative estimate of drug-likeness (QED) is 0.610. The first-order valence-corrected chi connectivity index (χ1v) is 3.22. The molecule has 1 saturated carbocycles. The van der Waals surface area contributed by atoms with Gasteiger partial charge in [0.25, 0.3) is 0 Å². The van der Waals surface area contributed by atoms with Crippen LogP contribution in [-0.2, 0) is 0 Å². The maximum atomic E-state index is 8.51. The molecule has 1 N–H and O–H groups in total. The highest BCUT2D eigenvalue weighted by molar-refractivity contribution is 5.29. The van der Waals surface area contributed by atoms with Gasteiger partial charge in [-0.2, -0.15) is 15.6 Å². The monoisotopic (exact) mass is 134 g/mol. The molecule has 1 heterocycles. The zero-order chi connectivity index (χ0) is 6.97. The molecule has 0 bridgehead atoms. The second-order valence-corrected chi connectivity index (χ2v) is 2.44. The van der Waals surface area contributed by atoms with Crippen LogP contribution in [0.4, 0.5) is 0 Å². The molecule has 2 rings (SSSR count). The third-order valence-corrected chi connectivity index (χ3v) is 1.64. The predicted octanol–water partition coefficient (Wildman–Crippen LogP) is 0.554. The molecule has 4 heteroatoms. The van der Waals surface area contributed by atoms with Gasteiger partial charge in [-0.3, -0.25) is 0 Å². The van der Waals surface area contributed by atoms with Gasteiger partial charge in [0, 0.05) is 5.92 Å². The summed E-state index contributed by atoms with van der Waals surface area (Å²) in [5.74, 6) is 0.508. The largest absolute Gasteiger partial charge is 0.196 e. The predicted molar refractivity (Wildman–Crippen MR) is 33.1 cm³/mol. The lowest BCUT2D eigenvalue weighted by atomic mass is 10.2. The second-order valence-electron chi connectivity index (χ2n) is 2.44. The molecule has 1 aromatic heterocycles. The third kappa shape index (κ3) is 0.676. The first-order chi connectivity index (χ1) is 4.92. The average molecular weight is 134 g/mol. The van der Waals surface area contributed by atoms with Crippen molar-refractivity contribution in [1.82, 2.24) is 15.4 Å². The van der Waals surface area contributed by atoms with E-state index in [4.69, 9.17) is 5.26 Å². The molecular weight excluding hydrogens is 128 g/mol. The van der Waals surface area contributed by atoms with Gasteiger partial charge < -0.3 is 0 Å². The Labute approximate surface area is 57.9 Å². The number of H-pyrrole nitrogens is 1. The van der Waals surface area contributed by atoms with Crippen molar-refractivity contribution in [2.24, 2.45) is 0 Å². The van der Waals surface area contributed by atoms with Crippen LogP contribution in [0, 0.1) is 11.3 Å².